The molecule has 1 aromatic rings. The van der Waals surface area contributed by atoms with Crippen molar-refractivity contribution in [2.75, 3.05) is 6.54 Å². The van der Waals surface area contributed by atoms with Gasteiger partial charge in [-0.15, -0.1) is 0 Å². The van der Waals surface area contributed by atoms with Gasteiger partial charge in [-0.25, -0.2) is 17.9 Å². The molecule has 110 valence electrons. The molecular weight excluding hydrogens is 278 g/mol. The van der Waals surface area contributed by atoms with E-state index in [0.29, 0.717) is 12.5 Å². The number of hydrogen-bond donors (Lipinski definition) is 2. The van der Waals surface area contributed by atoms with Crippen LogP contribution in [0.5, 0.6) is 0 Å². The lowest BCUT2D eigenvalue weighted by atomic mass is 9.83. The van der Waals surface area contributed by atoms with E-state index in [-0.39, 0.29) is 16.0 Å². The van der Waals surface area contributed by atoms with Crippen LogP contribution in [-0.2, 0) is 10.0 Å². The highest BCUT2D eigenvalue weighted by molar-refractivity contribution is 7.89. The van der Waals surface area contributed by atoms with E-state index in [1.807, 2.05) is 0 Å². The summed E-state index contributed by atoms with van der Waals surface area (Å²) in [6, 6.07) is 4.30. The van der Waals surface area contributed by atoms with Crippen molar-refractivity contribution in [3.8, 4) is 0 Å². The van der Waals surface area contributed by atoms with Crippen molar-refractivity contribution in [2.45, 2.75) is 37.5 Å². The molecule has 0 radical (unpaired) electrons. The standard InChI is InChI=1S/C14H19NO4S/c1-10-12(14(16)17)6-3-7-13(10)20(18,19)15-9-8-11-4-2-5-11/h3,6-7,11,15H,2,4-5,8-9H2,1H3,(H,16,17). The molecule has 2 rings (SSSR count). The molecule has 2 N–H and O–H groups in total. The lowest BCUT2D eigenvalue weighted by Gasteiger charge is -2.25. The molecule has 1 saturated carbocycles. The normalized spacial score (nSPS) is 15.8. The van der Waals surface area contributed by atoms with Gasteiger partial charge in [0.25, 0.3) is 0 Å². The number of hydrogen-bond acceptors (Lipinski definition) is 3. The van der Waals surface area contributed by atoms with Crippen LogP contribution in [0, 0.1) is 12.8 Å². The zero-order valence-electron chi connectivity index (χ0n) is 11.4. The van der Waals surface area contributed by atoms with Crippen molar-refractivity contribution in [3.63, 3.8) is 0 Å². The van der Waals surface area contributed by atoms with E-state index in [9.17, 15) is 13.2 Å². The maximum absolute atomic E-state index is 12.2. The molecule has 0 heterocycles. The molecule has 1 fully saturated rings. The summed E-state index contributed by atoms with van der Waals surface area (Å²) < 4.78 is 27.0. The van der Waals surface area contributed by atoms with Crippen LogP contribution in [0.4, 0.5) is 0 Å². The molecule has 0 saturated heterocycles. The zero-order valence-corrected chi connectivity index (χ0v) is 12.2. The number of sulfonamides is 1. The third-order valence-corrected chi connectivity index (χ3v) is 5.48. The Morgan fingerprint density at radius 1 is 1.40 bits per heavy atom. The number of carboxylic acids is 1. The summed E-state index contributed by atoms with van der Waals surface area (Å²) in [4.78, 5) is 11.1. The van der Waals surface area contributed by atoms with E-state index >= 15 is 0 Å². The first-order valence-electron chi connectivity index (χ1n) is 6.74. The van der Waals surface area contributed by atoms with Gasteiger partial charge in [-0.1, -0.05) is 25.3 Å². The van der Waals surface area contributed by atoms with Crippen molar-refractivity contribution < 1.29 is 18.3 Å². The summed E-state index contributed by atoms with van der Waals surface area (Å²) in [6.07, 6.45) is 4.43. The highest BCUT2D eigenvalue weighted by atomic mass is 32.2. The van der Waals surface area contributed by atoms with Gasteiger partial charge in [0.1, 0.15) is 0 Å². The van der Waals surface area contributed by atoms with Gasteiger partial charge in [0.15, 0.2) is 0 Å². The zero-order chi connectivity index (χ0) is 14.8. The van der Waals surface area contributed by atoms with E-state index in [1.165, 1.54) is 44.4 Å². The predicted octanol–water partition coefficient (Wildman–Crippen LogP) is 2.16. The fourth-order valence-electron chi connectivity index (χ4n) is 2.39. The van der Waals surface area contributed by atoms with Gasteiger partial charge < -0.3 is 5.11 Å². The molecule has 0 atom stereocenters. The minimum Gasteiger partial charge on any atom is -0.478 e. The molecule has 0 aromatic heterocycles. The van der Waals surface area contributed by atoms with Crippen LogP contribution in [0.2, 0.25) is 0 Å². The van der Waals surface area contributed by atoms with E-state index in [1.54, 1.807) is 0 Å². The molecule has 0 aliphatic heterocycles. The number of rotatable bonds is 6. The fourth-order valence-corrected chi connectivity index (χ4v) is 3.71. The van der Waals surface area contributed by atoms with Gasteiger partial charge in [-0.2, -0.15) is 0 Å². The van der Waals surface area contributed by atoms with Crippen LogP contribution in [0.25, 0.3) is 0 Å². The largest absolute Gasteiger partial charge is 0.478 e. The predicted molar refractivity (Wildman–Crippen MR) is 75.3 cm³/mol. The first kappa shape index (κ1) is 15.0. The molecular formula is C14H19NO4S. The molecule has 20 heavy (non-hydrogen) atoms. The van der Waals surface area contributed by atoms with E-state index < -0.39 is 16.0 Å². The lowest BCUT2D eigenvalue weighted by molar-refractivity contribution is 0.0696. The van der Waals surface area contributed by atoms with Gasteiger partial charge >= 0.3 is 5.97 Å². The van der Waals surface area contributed by atoms with Gasteiger partial charge in [0.2, 0.25) is 10.0 Å². The van der Waals surface area contributed by atoms with Crippen molar-refractivity contribution in [2.24, 2.45) is 5.92 Å². The highest BCUT2D eigenvalue weighted by Gasteiger charge is 2.22. The average molecular weight is 297 g/mol. The third-order valence-electron chi connectivity index (χ3n) is 3.87. The maximum Gasteiger partial charge on any atom is 0.335 e. The van der Waals surface area contributed by atoms with Crippen LogP contribution in [-0.4, -0.2) is 26.0 Å². The van der Waals surface area contributed by atoms with E-state index in [2.05, 4.69) is 4.72 Å². The van der Waals surface area contributed by atoms with Crippen molar-refractivity contribution >= 4 is 16.0 Å². The number of nitrogens with one attached hydrogen (secondary N) is 1. The van der Waals surface area contributed by atoms with Crippen molar-refractivity contribution in [3.05, 3.63) is 29.3 Å². The van der Waals surface area contributed by atoms with Crippen molar-refractivity contribution in [1.29, 1.82) is 0 Å². The lowest BCUT2D eigenvalue weighted by Crippen LogP contribution is -2.28. The third kappa shape index (κ3) is 3.19. The fraction of sp³-hybridized carbons (Fsp3) is 0.500. The first-order valence-corrected chi connectivity index (χ1v) is 8.22. The Morgan fingerprint density at radius 3 is 2.65 bits per heavy atom. The summed E-state index contributed by atoms with van der Waals surface area (Å²) in [5.74, 6) is -0.488. The summed E-state index contributed by atoms with van der Waals surface area (Å²) in [7, 11) is -3.64. The van der Waals surface area contributed by atoms with Gasteiger partial charge in [0.05, 0.1) is 10.5 Å². The first-order chi connectivity index (χ1) is 9.42. The smallest absolute Gasteiger partial charge is 0.335 e. The quantitative estimate of drug-likeness (QED) is 0.843. The van der Waals surface area contributed by atoms with Gasteiger partial charge in [-0.05, 0) is 37.0 Å². The Bertz CT molecular complexity index is 606. The Hall–Kier alpha value is -1.40. The van der Waals surface area contributed by atoms with Crippen LogP contribution in [0.15, 0.2) is 23.1 Å². The van der Waals surface area contributed by atoms with Crippen LogP contribution in [0.1, 0.15) is 41.6 Å². The second-order valence-electron chi connectivity index (χ2n) is 5.22. The summed E-state index contributed by atoms with van der Waals surface area (Å²) in [6.45, 7) is 1.92. The number of benzene rings is 1. The monoisotopic (exact) mass is 297 g/mol. The van der Waals surface area contributed by atoms with Crippen molar-refractivity contribution in [1.82, 2.24) is 4.72 Å². The summed E-state index contributed by atoms with van der Waals surface area (Å²) in [5, 5.41) is 9.03. The molecule has 1 aromatic carbocycles. The molecule has 5 nitrogen and oxygen atoms in total. The molecule has 1 aliphatic rings. The summed E-state index contributed by atoms with van der Waals surface area (Å²) >= 11 is 0. The summed E-state index contributed by atoms with van der Waals surface area (Å²) in [5.41, 5.74) is 0.294. The van der Waals surface area contributed by atoms with Crippen LogP contribution < -0.4 is 4.72 Å². The Kier molecular flexibility index (Phi) is 4.45. The van der Waals surface area contributed by atoms with E-state index in [0.717, 1.165) is 6.42 Å². The maximum atomic E-state index is 12.2. The Morgan fingerprint density at radius 2 is 2.10 bits per heavy atom. The minimum atomic E-state index is -3.64. The Balaban J connectivity index is 2.12. The molecule has 6 heteroatoms. The SMILES string of the molecule is Cc1c(C(=O)O)cccc1S(=O)(=O)NCCC1CCC1. The topological polar surface area (TPSA) is 83.5 Å². The molecule has 1 aliphatic carbocycles. The molecule has 0 spiro atoms. The number of aromatic carboxylic acids is 1. The number of carboxylic acid groups (broad SMARTS) is 1. The average Bonchev–Trinajstić information content (AvgIpc) is 2.32. The molecule has 0 bridgehead atoms. The number of carbonyl (C=O) groups is 1. The van der Waals surface area contributed by atoms with Gasteiger partial charge in [0, 0.05) is 6.54 Å². The Labute approximate surface area is 119 Å². The minimum absolute atomic E-state index is 0.0202. The second kappa shape index (κ2) is 5.93. The van der Waals surface area contributed by atoms with Crippen LogP contribution >= 0.6 is 0 Å². The highest BCUT2D eigenvalue weighted by Crippen LogP contribution is 2.29. The van der Waals surface area contributed by atoms with E-state index in [4.69, 9.17) is 5.11 Å². The molecule has 0 unspecified atom stereocenters. The van der Waals surface area contributed by atoms with Gasteiger partial charge in [-0.3, -0.25) is 0 Å². The second-order valence-corrected chi connectivity index (χ2v) is 6.95. The van der Waals surface area contributed by atoms with Crippen LogP contribution in [0.3, 0.4) is 0 Å². The molecule has 0 amide bonds.